The molecule has 0 aliphatic carbocycles. The first-order chi connectivity index (χ1) is 6.54. The predicted octanol–water partition coefficient (Wildman–Crippen LogP) is 1.23. The van der Waals surface area contributed by atoms with Crippen molar-refractivity contribution in [2.75, 3.05) is 6.54 Å². The monoisotopic (exact) mass is 225 g/mol. The molecule has 0 aromatic rings. The molecule has 7 heteroatoms. The maximum Gasteiger partial charge on any atom is 0.407 e. The second-order valence-electron chi connectivity index (χ2n) is 3.87. The Morgan fingerprint density at radius 2 is 1.80 bits per heavy atom. The van der Waals surface area contributed by atoms with Gasteiger partial charge in [-0.1, -0.05) is 0 Å². The van der Waals surface area contributed by atoms with Gasteiger partial charge in [0.15, 0.2) is 0 Å². The smallest absolute Gasteiger partial charge is 0.407 e. The molecule has 0 atom stereocenters. The van der Waals surface area contributed by atoms with Gasteiger partial charge in [0.2, 0.25) is 0 Å². The summed E-state index contributed by atoms with van der Waals surface area (Å²) in [6, 6.07) is 0. The van der Waals surface area contributed by atoms with Gasteiger partial charge >= 0.3 is 18.0 Å². The molecule has 5 nitrogen and oxygen atoms in total. The topological polar surface area (TPSA) is 75.6 Å². The van der Waals surface area contributed by atoms with Crippen molar-refractivity contribution < 1.29 is 28.2 Å². The van der Waals surface area contributed by atoms with E-state index in [1.165, 1.54) is 0 Å². The lowest BCUT2D eigenvalue weighted by Gasteiger charge is -2.20. The maximum atomic E-state index is 12.5. The van der Waals surface area contributed by atoms with E-state index in [9.17, 15) is 18.4 Å². The Morgan fingerprint density at radius 1 is 1.33 bits per heavy atom. The number of carboxylic acids is 1. The first-order valence-electron chi connectivity index (χ1n) is 4.13. The number of nitrogens with one attached hydrogen (secondary N) is 1. The van der Waals surface area contributed by atoms with Crippen LogP contribution in [0.15, 0.2) is 0 Å². The minimum Gasteiger partial charge on any atom is -0.477 e. The molecule has 0 aromatic carbocycles. The van der Waals surface area contributed by atoms with Crippen molar-refractivity contribution in [3.05, 3.63) is 0 Å². The molecule has 0 saturated heterocycles. The Kier molecular flexibility index (Phi) is 4.00. The summed E-state index contributed by atoms with van der Waals surface area (Å²) in [6.07, 6.45) is -1.08. The van der Waals surface area contributed by atoms with Crippen LogP contribution < -0.4 is 5.32 Å². The van der Waals surface area contributed by atoms with Crippen molar-refractivity contribution >= 4 is 12.1 Å². The van der Waals surface area contributed by atoms with Crippen LogP contribution in [0, 0.1) is 0 Å². The third kappa shape index (κ3) is 5.82. The van der Waals surface area contributed by atoms with Gasteiger partial charge in [-0.05, 0) is 20.8 Å². The second-order valence-corrected chi connectivity index (χ2v) is 3.87. The van der Waals surface area contributed by atoms with Gasteiger partial charge in [0, 0.05) is 0 Å². The van der Waals surface area contributed by atoms with E-state index in [0.717, 1.165) is 0 Å². The third-order valence-electron chi connectivity index (χ3n) is 1.17. The first-order valence-corrected chi connectivity index (χ1v) is 4.13. The number of halogens is 2. The Bertz CT molecular complexity index is 260. The molecule has 0 bridgehead atoms. The van der Waals surface area contributed by atoms with Gasteiger partial charge < -0.3 is 15.2 Å². The highest BCUT2D eigenvalue weighted by Gasteiger charge is 2.39. The number of ether oxygens (including phenoxy) is 1. The molecule has 0 rings (SSSR count). The van der Waals surface area contributed by atoms with Gasteiger partial charge in [-0.3, -0.25) is 0 Å². The summed E-state index contributed by atoms with van der Waals surface area (Å²) < 4.78 is 29.6. The fraction of sp³-hybridized carbons (Fsp3) is 0.750. The zero-order valence-corrected chi connectivity index (χ0v) is 8.63. The summed E-state index contributed by atoms with van der Waals surface area (Å²) in [5.74, 6) is -6.28. The van der Waals surface area contributed by atoms with E-state index in [0.29, 0.717) is 0 Å². The molecule has 0 aliphatic heterocycles. The SMILES string of the molecule is CC(C)(C)OC(=O)NCC(F)(F)C(=O)O. The highest BCUT2D eigenvalue weighted by molar-refractivity contribution is 5.77. The molecular formula is C8H13F2NO4. The van der Waals surface area contributed by atoms with Crippen LogP contribution in [0.4, 0.5) is 13.6 Å². The van der Waals surface area contributed by atoms with Crippen molar-refractivity contribution in [1.29, 1.82) is 0 Å². The number of aliphatic carboxylic acids is 1. The van der Waals surface area contributed by atoms with Gasteiger partial charge in [0.25, 0.3) is 0 Å². The number of carboxylic acid groups (broad SMARTS) is 1. The minimum atomic E-state index is -3.99. The first kappa shape index (κ1) is 13.6. The van der Waals surface area contributed by atoms with E-state index in [4.69, 9.17) is 5.11 Å². The molecule has 0 fully saturated rings. The minimum absolute atomic E-state index is 0.817. The predicted molar refractivity (Wildman–Crippen MR) is 46.8 cm³/mol. The van der Waals surface area contributed by atoms with Crippen LogP contribution in [-0.4, -0.2) is 35.2 Å². The van der Waals surface area contributed by atoms with E-state index in [1.807, 2.05) is 0 Å². The van der Waals surface area contributed by atoms with Gasteiger partial charge in [-0.25, -0.2) is 9.59 Å². The summed E-state index contributed by atoms with van der Waals surface area (Å²) in [5.41, 5.74) is -0.817. The fourth-order valence-corrected chi connectivity index (χ4v) is 0.573. The Balaban J connectivity index is 4.07. The Labute approximate surface area is 85.4 Å². The molecular weight excluding hydrogens is 212 g/mol. The molecule has 0 aliphatic rings. The number of alkyl halides is 2. The lowest BCUT2D eigenvalue weighted by molar-refractivity contribution is -0.163. The molecule has 0 heterocycles. The Hall–Kier alpha value is -1.40. The maximum absolute atomic E-state index is 12.5. The van der Waals surface area contributed by atoms with Crippen LogP contribution >= 0.6 is 0 Å². The van der Waals surface area contributed by atoms with E-state index in [2.05, 4.69) is 4.74 Å². The summed E-state index contributed by atoms with van der Waals surface area (Å²) in [4.78, 5) is 20.8. The molecule has 88 valence electrons. The van der Waals surface area contributed by atoms with Gasteiger partial charge in [-0.2, -0.15) is 8.78 Å². The van der Waals surface area contributed by atoms with E-state index < -0.39 is 30.1 Å². The molecule has 1 amide bonds. The highest BCUT2D eigenvalue weighted by atomic mass is 19.3. The standard InChI is InChI=1S/C8H13F2NO4/c1-7(2,3)15-6(14)11-4-8(9,10)5(12)13/h4H2,1-3H3,(H,11,14)(H,12,13). The van der Waals surface area contributed by atoms with Crippen molar-refractivity contribution in [3.8, 4) is 0 Å². The quantitative estimate of drug-likeness (QED) is 0.757. The van der Waals surface area contributed by atoms with E-state index in [1.54, 1.807) is 26.1 Å². The number of hydrogen-bond acceptors (Lipinski definition) is 3. The Morgan fingerprint density at radius 3 is 2.13 bits per heavy atom. The normalized spacial score (nSPS) is 12.1. The lowest BCUT2D eigenvalue weighted by Crippen LogP contribution is -2.43. The van der Waals surface area contributed by atoms with Crippen LogP contribution in [0.5, 0.6) is 0 Å². The summed E-state index contributed by atoms with van der Waals surface area (Å²) >= 11 is 0. The van der Waals surface area contributed by atoms with E-state index >= 15 is 0 Å². The molecule has 0 unspecified atom stereocenters. The van der Waals surface area contributed by atoms with Crippen molar-refractivity contribution in [1.82, 2.24) is 5.32 Å². The number of carbonyl (C=O) groups is 2. The number of alkyl carbamates (subject to hydrolysis) is 1. The highest BCUT2D eigenvalue weighted by Crippen LogP contribution is 2.12. The number of rotatable bonds is 3. The molecule has 0 spiro atoms. The molecule has 0 aromatic heterocycles. The van der Waals surface area contributed by atoms with E-state index in [-0.39, 0.29) is 0 Å². The third-order valence-corrected chi connectivity index (χ3v) is 1.17. The van der Waals surface area contributed by atoms with Gasteiger partial charge in [-0.15, -0.1) is 0 Å². The molecule has 0 saturated carbocycles. The number of amides is 1. The summed E-state index contributed by atoms with van der Waals surface area (Å²) in [6.45, 7) is 3.38. The second kappa shape index (κ2) is 4.41. The summed E-state index contributed by atoms with van der Waals surface area (Å²) in [5, 5.41) is 9.71. The van der Waals surface area contributed by atoms with Gasteiger partial charge in [0.1, 0.15) is 5.60 Å². The average Bonchev–Trinajstić information content (AvgIpc) is 1.97. The summed E-state index contributed by atoms with van der Waals surface area (Å²) in [7, 11) is 0. The van der Waals surface area contributed by atoms with Crippen molar-refractivity contribution in [2.45, 2.75) is 32.3 Å². The van der Waals surface area contributed by atoms with Crippen LogP contribution in [-0.2, 0) is 9.53 Å². The zero-order chi connectivity index (χ0) is 12.3. The fourth-order valence-electron chi connectivity index (χ4n) is 0.573. The van der Waals surface area contributed by atoms with Gasteiger partial charge in [0.05, 0.1) is 6.54 Å². The average molecular weight is 225 g/mol. The zero-order valence-electron chi connectivity index (χ0n) is 8.63. The van der Waals surface area contributed by atoms with Crippen molar-refractivity contribution in [2.24, 2.45) is 0 Å². The molecule has 2 N–H and O–H groups in total. The number of carbonyl (C=O) groups excluding carboxylic acids is 1. The van der Waals surface area contributed by atoms with Crippen LogP contribution in [0.1, 0.15) is 20.8 Å². The number of hydrogen-bond donors (Lipinski definition) is 2. The van der Waals surface area contributed by atoms with Crippen molar-refractivity contribution in [3.63, 3.8) is 0 Å². The molecule has 0 radical (unpaired) electrons. The van der Waals surface area contributed by atoms with Crippen LogP contribution in [0.2, 0.25) is 0 Å². The lowest BCUT2D eigenvalue weighted by atomic mass is 10.2. The van der Waals surface area contributed by atoms with Crippen LogP contribution in [0.3, 0.4) is 0 Å². The largest absolute Gasteiger partial charge is 0.477 e. The molecule has 15 heavy (non-hydrogen) atoms. The van der Waals surface area contributed by atoms with Crippen LogP contribution in [0.25, 0.3) is 0 Å².